The van der Waals surface area contributed by atoms with Gasteiger partial charge in [0, 0.05) is 17.5 Å². The number of nitrogens with two attached hydrogens (primary N) is 1. The van der Waals surface area contributed by atoms with Crippen molar-refractivity contribution in [3.8, 4) is 0 Å². The molecular formula is C12H11BrN4O3S. The van der Waals surface area contributed by atoms with Crippen LogP contribution in [-0.4, -0.2) is 22.4 Å². The minimum Gasteiger partial charge on any atom is -0.383 e. The van der Waals surface area contributed by atoms with Crippen molar-refractivity contribution < 1.29 is 9.72 Å². The number of nitrogens with one attached hydrogen (secondary N) is 1. The molecule has 9 heteroatoms. The summed E-state index contributed by atoms with van der Waals surface area (Å²) in [5.41, 5.74) is 5.32. The molecule has 0 spiro atoms. The van der Waals surface area contributed by atoms with Crippen molar-refractivity contribution in [2.24, 2.45) is 0 Å². The van der Waals surface area contributed by atoms with Crippen molar-refractivity contribution in [2.45, 2.75) is 6.42 Å². The number of carbonyl (C=O) groups excluding carboxylic acids is 1. The van der Waals surface area contributed by atoms with Gasteiger partial charge in [-0.25, -0.2) is 4.98 Å². The van der Waals surface area contributed by atoms with Gasteiger partial charge in [-0.05, 0) is 34.5 Å². The SMILES string of the molecule is Nc1ncc([N+](=O)[O-])cc1C(=O)NCCc1ccc(Br)s1. The number of hydrogen-bond acceptors (Lipinski definition) is 6. The van der Waals surface area contributed by atoms with E-state index in [1.54, 1.807) is 11.3 Å². The summed E-state index contributed by atoms with van der Waals surface area (Å²) < 4.78 is 1.02. The third-order valence-corrected chi connectivity index (χ3v) is 4.33. The number of nitrogens with zero attached hydrogens (tertiary/aromatic N) is 2. The van der Waals surface area contributed by atoms with Crippen LogP contribution >= 0.6 is 27.3 Å². The van der Waals surface area contributed by atoms with Crippen LogP contribution in [0.15, 0.2) is 28.2 Å². The summed E-state index contributed by atoms with van der Waals surface area (Å²) in [5, 5.41) is 13.4. The summed E-state index contributed by atoms with van der Waals surface area (Å²) in [5.74, 6) is -0.503. The van der Waals surface area contributed by atoms with Gasteiger partial charge in [0.2, 0.25) is 0 Å². The Morgan fingerprint density at radius 2 is 2.29 bits per heavy atom. The van der Waals surface area contributed by atoms with E-state index in [0.29, 0.717) is 13.0 Å². The highest BCUT2D eigenvalue weighted by molar-refractivity contribution is 9.11. The third-order valence-electron chi connectivity index (χ3n) is 2.65. The van der Waals surface area contributed by atoms with Crippen LogP contribution in [0.4, 0.5) is 11.5 Å². The van der Waals surface area contributed by atoms with E-state index in [-0.39, 0.29) is 17.1 Å². The number of thiophene rings is 1. The number of pyridine rings is 1. The van der Waals surface area contributed by atoms with Crippen molar-refractivity contribution in [2.75, 3.05) is 12.3 Å². The first kappa shape index (κ1) is 15.4. The predicted octanol–water partition coefficient (Wildman–Crippen LogP) is 2.37. The molecule has 110 valence electrons. The van der Waals surface area contributed by atoms with E-state index in [0.717, 1.165) is 20.9 Å². The number of halogens is 1. The molecule has 1 amide bonds. The Morgan fingerprint density at radius 3 is 2.90 bits per heavy atom. The van der Waals surface area contributed by atoms with E-state index in [1.807, 2.05) is 12.1 Å². The molecule has 0 aromatic carbocycles. The number of amides is 1. The van der Waals surface area contributed by atoms with Gasteiger partial charge in [0.05, 0.1) is 14.3 Å². The second-order valence-corrected chi connectivity index (χ2v) is 6.64. The number of rotatable bonds is 5. The second-order valence-electron chi connectivity index (χ2n) is 4.10. The Hall–Kier alpha value is -2.00. The van der Waals surface area contributed by atoms with Crippen LogP contribution in [-0.2, 0) is 6.42 Å². The highest BCUT2D eigenvalue weighted by atomic mass is 79.9. The van der Waals surface area contributed by atoms with E-state index < -0.39 is 10.8 Å². The fourth-order valence-corrected chi connectivity index (χ4v) is 3.11. The Morgan fingerprint density at radius 1 is 1.52 bits per heavy atom. The molecule has 0 saturated heterocycles. The van der Waals surface area contributed by atoms with Gasteiger partial charge in [-0.3, -0.25) is 14.9 Å². The molecule has 0 aliphatic heterocycles. The second kappa shape index (κ2) is 6.64. The van der Waals surface area contributed by atoms with Crippen molar-refractivity contribution in [3.05, 3.63) is 48.7 Å². The molecule has 0 fully saturated rings. The maximum atomic E-state index is 12.0. The lowest BCUT2D eigenvalue weighted by Gasteiger charge is -2.06. The number of nitrogen functional groups attached to an aromatic ring is 1. The van der Waals surface area contributed by atoms with Crippen LogP contribution in [0.3, 0.4) is 0 Å². The number of carbonyl (C=O) groups is 1. The van der Waals surface area contributed by atoms with E-state index in [2.05, 4.69) is 26.2 Å². The highest BCUT2D eigenvalue weighted by Gasteiger charge is 2.16. The van der Waals surface area contributed by atoms with Crippen molar-refractivity contribution in [3.63, 3.8) is 0 Å². The first-order valence-electron chi connectivity index (χ1n) is 5.89. The normalized spacial score (nSPS) is 10.3. The van der Waals surface area contributed by atoms with Crippen LogP contribution in [0.2, 0.25) is 0 Å². The van der Waals surface area contributed by atoms with Crippen LogP contribution in [0.1, 0.15) is 15.2 Å². The third kappa shape index (κ3) is 3.99. The maximum absolute atomic E-state index is 12.0. The van der Waals surface area contributed by atoms with Crippen LogP contribution < -0.4 is 11.1 Å². The standard InChI is InChI=1S/C12H11BrN4O3S/c13-10-2-1-8(21-10)3-4-15-12(18)9-5-7(17(19)20)6-16-11(9)14/h1-2,5-6H,3-4H2,(H2,14,16)(H,15,18). The molecule has 3 N–H and O–H groups in total. The van der Waals surface area contributed by atoms with Crippen LogP contribution in [0.5, 0.6) is 0 Å². The molecule has 7 nitrogen and oxygen atoms in total. The molecule has 0 aliphatic rings. The summed E-state index contributed by atoms with van der Waals surface area (Å²) in [6, 6.07) is 5.02. The van der Waals surface area contributed by atoms with Crippen molar-refractivity contribution >= 4 is 44.7 Å². The molecule has 0 radical (unpaired) electrons. The van der Waals surface area contributed by atoms with Gasteiger partial charge in [0.25, 0.3) is 11.6 Å². The molecule has 0 unspecified atom stereocenters. The number of aromatic nitrogens is 1. The summed E-state index contributed by atoms with van der Waals surface area (Å²) in [6.45, 7) is 0.411. The van der Waals surface area contributed by atoms with Gasteiger partial charge in [-0.15, -0.1) is 11.3 Å². The minimum absolute atomic E-state index is 0.0107. The van der Waals surface area contributed by atoms with Crippen LogP contribution in [0, 0.1) is 10.1 Å². The monoisotopic (exact) mass is 370 g/mol. The Balaban J connectivity index is 1.99. The summed E-state index contributed by atoms with van der Waals surface area (Å²) in [6.07, 6.45) is 1.69. The average molecular weight is 371 g/mol. The number of hydrogen-bond donors (Lipinski definition) is 2. The number of anilines is 1. The zero-order valence-electron chi connectivity index (χ0n) is 10.7. The van der Waals surface area contributed by atoms with Gasteiger partial charge < -0.3 is 11.1 Å². The average Bonchev–Trinajstić information content (AvgIpc) is 2.84. The molecule has 2 aromatic heterocycles. The molecule has 0 bridgehead atoms. The quantitative estimate of drug-likeness (QED) is 0.619. The van der Waals surface area contributed by atoms with Gasteiger partial charge in [0.1, 0.15) is 12.0 Å². The summed E-state index contributed by atoms with van der Waals surface area (Å²) in [7, 11) is 0. The molecule has 0 atom stereocenters. The Labute approximate surface area is 132 Å². The molecule has 2 rings (SSSR count). The summed E-state index contributed by atoms with van der Waals surface area (Å²) in [4.78, 5) is 26.8. The van der Waals surface area contributed by atoms with Crippen molar-refractivity contribution in [1.29, 1.82) is 0 Å². The highest BCUT2D eigenvalue weighted by Crippen LogP contribution is 2.22. The number of nitro groups is 1. The zero-order valence-corrected chi connectivity index (χ0v) is 13.1. The predicted molar refractivity (Wildman–Crippen MR) is 83.4 cm³/mol. The lowest BCUT2D eigenvalue weighted by Crippen LogP contribution is -2.26. The minimum atomic E-state index is -0.619. The van der Waals surface area contributed by atoms with E-state index in [9.17, 15) is 14.9 Å². The van der Waals surface area contributed by atoms with Crippen LogP contribution in [0.25, 0.3) is 0 Å². The van der Waals surface area contributed by atoms with Gasteiger partial charge >= 0.3 is 0 Å². The Bertz CT molecular complexity index is 689. The lowest BCUT2D eigenvalue weighted by molar-refractivity contribution is -0.385. The molecule has 21 heavy (non-hydrogen) atoms. The van der Waals surface area contributed by atoms with Gasteiger partial charge in [0.15, 0.2) is 0 Å². The van der Waals surface area contributed by atoms with E-state index in [1.165, 1.54) is 0 Å². The van der Waals surface area contributed by atoms with Crippen molar-refractivity contribution in [1.82, 2.24) is 10.3 Å². The smallest absolute Gasteiger partial charge is 0.288 e. The zero-order chi connectivity index (χ0) is 15.4. The van der Waals surface area contributed by atoms with E-state index in [4.69, 9.17) is 5.73 Å². The molecule has 0 saturated carbocycles. The molecule has 0 aliphatic carbocycles. The Kier molecular flexibility index (Phi) is 4.86. The van der Waals surface area contributed by atoms with E-state index >= 15 is 0 Å². The topological polar surface area (TPSA) is 111 Å². The first-order valence-corrected chi connectivity index (χ1v) is 7.50. The largest absolute Gasteiger partial charge is 0.383 e. The van der Waals surface area contributed by atoms with Gasteiger partial charge in [-0.2, -0.15) is 0 Å². The fourth-order valence-electron chi connectivity index (χ4n) is 1.63. The van der Waals surface area contributed by atoms with Gasteiger partial charge in [-0.1, -0.05) is 0 Å². The fraction of sp³-hybridized carbons (Fsp3) is 0.167. The first-order chi connectivity index (χ1) is 9.97. The summed E-state index contributed by atoms with van der Waals surface area (Å²) >= 11 is 4.95. The maximum Gasteiger partial charge on any atom is 0.288 e. The molecular weight excluding hydrogens is 360 g/mol. The molecule has 2 aromatic rings. The lowest BCUT2D eigenvalue weighted by atomic mass is 10.2. The molecule has 2 heterocycles.